The highest BCUT2D eigenvalue weighted by atomic mass is 16.4. The maximum Gasteiger partial charge on any atom is 0.519 e. The van der Waals surface area contributed by atoms with E-state index in [0.717, 1.165) is 6.42 Å². The molecule has 2 atom stereocenters. The van der Waals surface area contributed by atoms with E-state index in [-0.39, 0.29) is 0 Å². The van der Waals surface area contributed by atoms with Crippen LogP contribution in [0.2, 0.25) is 0 Å². The summed E-state index contributed by atoms with van der Waals surface area (Å²) in [5, 5.41) is 15.4. The van der Waals surface area contributed by atoms with Gasteiger partial charge in [-0.25, -0.2) is 0 Å². The number of carboxylic acids is 1. The predicted octanol–water partition coefficient (Wildman–Crippen LogP) is -0.261. The van der Waals surface area contributed by atoms with Crippen molar-refractivity contribution in [1.29, 1.82) is 0 Å². The zero-order valence-electron chi connectivity index (χ0n) is 6.04. The molecule has 0 bridgehead atoms. The lowest BCUT2D eigenvalue weighted by Crippen LogP contribution is -2.24. The molecule has 0 spiro atoms. The van der Waals surface area contributed by atoms with E-state index < -0.39 is 23.8 Å². The molecule has 0 heterocycles. The number of carbonyl (C=O) groups excluding carboxylic acids is 1. The zero-order chi connectivity index (χ0) is 8.43. The normalized spacial score (nSPS) is 30.2. The molecule has 1 fully saturated rings. The van der Waals surface area contributed by atoms with Crippen molar-refractivity contribution in [2.24, 2.45) is 11.8 Å². The number of carboxylic acid groups (broad SMARTS) is 1. The van der Waals surface area contributed by atoms with E-state index in [9.17, 15) is 9.59 Å². The minimum atomic E-state index is -0.937. The van der Waals surface area contributed by atoms with Gasteiger partial charge < -0.3 is 10.2 Å². The first-order chi connectivity index (χ1) is 5.13. The summed E-state index contributed by atoms with van der Waals surface area (Å²) in [6.45, 7) is 0. The lowest BCUT2D eigenvalue weighted by molar-refractivity contribution is -0.152. The van der Waals surface area contributed by atoms with Crippen LogP contribution in [0.5, 0.6) is 0 Å². The summed E-state index contributed by atoms with van der Waals surface area (Å²) in [6, 6.07) is 0. The standard InChI is InChI=1S/C7H10O4/c8-6(9)4-2-1-3-5(4)7(10)11/h4-5H,1-3H2,(H,8,9)(H,10,11)/p+1/t4-,5+. The third-order valence-corrected chi connectivity index (χ3v) is 2.17. The topological polar surface area (TPSA) is 77.3 Å². The molecule has 4 heteroatoms. The van der Waals surface area contributed by atoms with Crippen LogP contribution in [0.4, 0.5) is 0 Å². The Morgan fingerprint density at radius 2 is 1.82 bits per heavy atom. The second kappa shape index (κ2) is 2.90. The first-order valence-electron chi connectivity index (χ1n) is 3.61. The number of hydrogen-bond acceptors (Lipinski definition) is 2. The molecule has 0 radical (unpaired) electrons. The van der Waals surface area contributed by atoms with Crippen molar-refractivity contribution in [2.45, 2.75) is 19.3 Å². The molecule has 4 nitrogen and oxygen atoms in total. The Morgan fingerprint density at radius 1 is 1.27 bits per heavy atom. The van der Waals surface area contributed by atoms with E-state index in [1.807, 2.05) is 0 Å². The van der Waals surface area contributed by atoms with Crippen LogP contribution in [0.25, 0.3) is 0 Å². The van der Waals surface area contributed by atoms with Gasteiger partial charge in [0.2, 0.25) is 0 Å². The van der Waals surface area contributed by atoms with Crippen LogP contribution in [0.15, 0.2) is 0 Å². The summed E-state index contributed by atoms with van der Waals surface area (Å²) >= 11 is 0. The molecule has 0 saturated heterocycles. The number of hydrogen-bond donors (Lipinski definition) is 1. The highest BCUT2D eigenvalue weighted by Gasteiger charge is 2.41. The number of carbonyl (C=O) groups is 2. The second-order valence-electron chi connectivity index (χ2n) is 2.85. The molecule has 0 aromatic heterocycles. The van der Waals surface area contributed by atoms with Crippen molar-refractivity contribution in [3.8, 4) is 0 Å². The van der Waals surface area contributed by atoms with Crippen LogP contribution in [0.3, 0.4) is 0 Å². The van der Waals surface area contributed by atoms with Crippen molar-refractivity contribution < 1.29 is 19.8 Å². The third-order valence-electron chi connectivity index (χ3n) is 2.17. The third kappa shape index (κ3) is 1.50. The molecule has 0 aromatic rings. The summed E-state index contributed by atoms with van der Waals surface area (Å²) in [5.74, 6) is -2.81. The molecule has 11 heavy (non-hydrogen) atoms. The highest BCUT2D eigenvalue weighted by Crippen LogP contribution is 2.31. The van der Waals surface area contributed by atoms with Crippen molar-refractivity contribution in [3.63, 3.8) is 0 Å². The highest BCUT2D eigenvalue weighted by molar-refractivity contribution is 5.80. The smallest absolute Gasteiger partial charge is 0.519 e. The van der Waals surface area contributed by atoms with Crippen molar-refractivity contribution in [3.05, 3.63) is 0 Å². The van der Waals surface area contributed by atoms with Crippen molar-refractivity contribution >= 4 is 11.9 Å². The largest absolute Gasteiger partial charge is 0.565 e. The van der Waals surface area contributed by atoms with Gasteiger partial charge in [-0.15, -0.1) is 0 Å². The Morgan fingerprint density at radius 3 is 2.18 bits per heavy atom. The molecule has 1 aliphatic carbocycles. The van der Waals surface area contributed by atoms with Gasteiger partial charge in [-0.05, 0) is 12.8 Å². The van der Waals surface area contributed by atoms with Gasteiger partial charge in [0.1, 0.15) is 5.92 Å². The molecule has 1 rings (SSSR count). The van der Waals surface area contributed by atoms with E-state index in [2.05, 4.69) is 0 Å². The van der Waals surface area contributed by atoms with Crippen molar-refractivity contribution in [1.82, 2.24) is 0 Å². The molecular formula is C7H11O4+. The molecular weight excluding hydrogens is 148 g/mol. The fraction of sp³-hybridized carbons (Fsp3) is 0.714. The van der Waals surface area contributed by atoms with Crippen LogP contribution in [-0.2, 0) is 9.59 Å². The van der Waals surface area contributed by atoms with Crippen LogP contribution in [-0.4, -0.2) is 22.2 Å². The van der Waals surface area contributed by atoms with Crippen LogP contribution < -0.4 is 0 Å². The summed E-state index contributed by atoms with van der Waals surface area (Å²) in [7, 11) is 0. The van der Waals surface area contributed by atoms with Gasteiger partial charge >= 0.3 is 11.9 Å². The average molecular weight is 159 g/mol. The van der Waals surface area contributed by atoms with E-state index >= 15 is 0 Å². The van der Waals surface area contributed by atoms with Crippen LogP contribution >= 0.6 is 0 Å². The summed E-state index contributed by atoms with van der Waals surface area (Å²) < 4.78 is 0. The second-order valence-corrected chi connectivity index (χ2v) is 2.85. The molecule has 0 amide bonds. The maximum absolute atomic E-state index is 10.6. The Hall–Kier alpha value is -1.06. The SMILES string of the molecule is O=C([OH2+])[C@H]1CCC[C@H]1C(=O)O. The molecule has 1 saturated carbocycles. The van der Waals surface area contributed by atoms with E-state index in [4.69, 9.17) is 10.2 Å². The van der Waals surface area contributed by atoms with Gasteiger partial charge in [-0.2, -0.15) is 0 Å². The van der Waals surface area contributed by atoms with Crippen LogP contribution in [0.1, 0.15) is 19.3 Å². The van der Waals surface area contributed by atoms with Gasteiger partial charge in [-0.1, -0.05) is 6.42 Å². The first-order valence-corrected chi connectivity index (χ1v) is 3.61. The number of aliphatic carboxylic acids is 1. The molecule has 0 aromatic carbocycles. The van der Waals surface area contributed by atoms with Gasteiger partial charge in [0.15, 0.2) is 0 Å². The molecule has 0 aliphatic heterocycles. The van der Waals surface area contributed by atoms with Crippen LogP contribution in [0, 0.1) is 11.8 Å². The lowest BCUT2D eigenvalue weighted by atomic mass is 9.97. The summed E-state index contributed by atoms with van der Waals surface area (Å²) in [5.41, 5.74) is 0. The minimum absolute atomic E-state index is 0.546. The number of rotatable bonds is 2. The van der Waals surface area contributed by atoms with Crippen molar-refractivity contribution in [2.75, 3.05) is 0 Å². The Labute approximate surface area is 63.8 Å². The van der Waals surface area contributed by atoms with Gasteiger partial charge in [0.05, 0.1) is 5.92 Å². The fourth-order valence-electron chi connectivity index (χ4n) is 1.57. The van der Waals surface area contributed by atoms with Gasteiger partial charge in [0.25, 0.3) is 0 Å². The Balaban J connectivity index is 2.65. The monoisotopic (exact) mass is 159 g/mol. The van der Waals surface area contributed by atoms with Gasteiger partial charge in [0, 0.05) is 4.79 Å². The van der Waals surface area contributed by atoms with E-state index in [1.54, 1.807) is 0 Å². The predicted molar refractivity (Wildman–Crippen MR) is 37.1 cm³/mol. The molecule has 1 aliphatic rings. The van der Waals surface area contributed by atoms with E-state index in [1.165, 1.54) is 0 Å². The first kappa shape index (κ1) is 8.04. The van der Waals surface area contributed by atoms with E-state index in [0.29, 0.717) is 12.8 Å². The molecule has 3 N–H and O–H groups in total. The maximum atomic E-state index is 10.6. The molecule has 62 valence electrons. The lowest BCUT2D eigenvalue weighted by Gasteiger charge is -2.05. The minimum Gasteiger partial charge on any atom is -0.565 e. The quantitative estimate of drug-likeness (QED) is 0.564. The Bertz CT molecular complexity index is 167. The zero-order valence-corrected chi connectivity index (χ0v) is 6.04. The van der Waals surface area contributed by atoms with Gasteiger partial charge in [-0.3, -0.25) is 4.79 Å². The summed E-state index contributed by atoms with van der Waals surface area (Å²) in [4.78, 5) is 21.0. The molecule has 0 unspecified atom stereocenters. The fourth-order valence-corrected chi connectivity index (χ4v) is 1.57. The average Bonchev–Trinajstić information content (AvgIpc) is 2.32. The Kier molecular flexibility index (Phi) is 2.12. The summed E-state index contributed by atoms with van der Waals surface area (Å²) in [6.07, 6.45) is 1.87.